The molecule has 0 aliphatic carbocycles. The second-order valence-corrected chi connectivity index (χ2v) is 5.46. The summed E-state index contributed by atoms with van der Waals surface area (Å²) in [5.74, 6) is 0.913. The Morgan fingerprint density at radius 1 is 1.26 bits per heavy atom. The lowest BCUT2D eigenvalue weighted by Gasteiger charge is -2.12. The molecule has 3 rings (SSSR count). The topological polar surface area (TPSA) is 40.7 Å². The number of rotatable bonds is 1. The van der Waals surface area contributed by atoms with Crippen molar-refractivity contribution >= 4 is 29.6 Å². The van der Waals surface area contributed by atoms with Gasteiger partial charge in [0.05, 0.1) is 5.69 Å². The number of benzene rings is 1. The van der Waals surface area contributed by atoms with Crippen LogP contribution in [0.3, 0.4) is 0 Å². The summed E-state index contributed by atoms with van der Waals surface area (Å²) in [5, 5.41) is 4.09. The smallest absolute Gasteiger partial charge is 0.199 e. The Morgan fingerprint density at radius 3 is 3.00 bits per heavy atom. The third-order valence-corrected chi connectivity index (χ3v) is 3.72. The second-order valence-electron chi connectivity index (χ2n) is 4.64. The molecule has 0 bridgehead atoms. The maximum atomic E-state index is 6.08. The van der Waals surface area contributed by atoms with Gasteiger partial charge in [-0.3, -0.25) is 0 Å². The Kier molecular flexibility index (Phi) is 3.53. The number of hydrogen-bond acceptors (Lipinski definition) is 3. The van der Waals surface area contributed by atoms with E-state index in [9.17, 15) is 0 Å². The average molecular weight is 292 g/mol. The van der Waals surface area contributed by atoms with Crippen molar-refractivity contribution in [2.24, 2.45) is 0 Å². The minimum atomic E-state index is 0.503. The molecule has 0 fully saturated rings. The van der Waals surface area contributed by atoms with E-state index < -0.39 is 0 Å². The average Bonchev–Trinajstić information content (AvgIpc) is 2.63. The van der Waals surface area contributed by atoms with Crippen LogP contribution in [0.1, 0.15) is 18.4 Å². The van der Waals surface area contributed by atoms with Gasteiger partial charge >= 0.3 is 0 Å². The van der Waals surface area contributed by atoms with Crippen LogP contribution in [0.15, 0.2) is 24.3 Å². The third-order valence-electron chi connectivity index (χ3n) is 3.29. The molecule has 0 unspecified atom stereocenters. The highest BCUT2D eigenvalue weighted by atomic mass is 35.5. The summed E-state index contributed by atoms with van der Waals surface area (Å²) in [6.07, 6.45) is 3.31. The van der Waals surface area contributed by atoms with Crippen molar-refractivity contribution in [1.82, 2.24) is 9.97 Å². The van der Waals surface area contributed by atoms with Crippen LogP contribution in [0, 0.1) is 4.77 Å². The summed E-state index contributed by atoms with van der Waals surface area (Å²) in [7, 11) is 0. The molecule has 0 atom stereocenters. The molecule has 1 aromatic carbocycles. The van der Waals surface area contributed by atoms with E-state index >= 15 is 0 Å². The molecule has 98 valence electrons. The summed E-state index contributed by atoms with van der Waals surface area (Å²) in [6.45, 7) is 0.952. The van der Waals surface area contributed by atoms with Gasteiger partial charge in [-0.1, -0.05) is 23.7 Å². The standard InChI is InChI=1S/C14H14ClN3S/c15-10-5-3-4-9(8-10)12-11-6-1-2-7-16-13(11)18-14(19)17-12/h3-5,8H,1-2,6-7H2,(H2,16,17,18,19). The van der Waals surface area contributed by atoms with Crippen molar-refractivity contribution in [3.63, 3.8) is 0 Å². The lowest BCUT2D eigenvalue weighted by molar-refractivity contribution is 0.785. The first kappa shape index (κ1) is 12.6. The number of nitrogens with zero attached hydrogens (tertiary/aromatic N) is 1. The van der Waals surface area contributed by atoms with Gasteiger partial charge in [0.1, 0.15) is 5.82 Å². The predicted molar refractivity (Wildman–Crippen MR) is 81.3 cm³/mol. The van der Waals surface area contributed by atoms with E-state index in [0.29, 0.717) is 4.77 Å². The fourth-order valence-electron chi connectivity index (χ4n) is 2.41. The first-order valence-corrected chi connectivity index (χ1v) is 7.16. The third kappa shape index (κ3) is 2.65. The van der Waals surface area contributed by atoms with Crippen LogP contribution in [0.2, 0.25) is 5.02 Å². The van der Waals surface area contributed by atoms with Crippen LogP contribution in [0.5, 0.6) is 0 Å². The van der Waals surface area contributed by atoms with Gasteiger partial charge in [-0.2, -0.15) is 0 Å². The Balaban J connectivity index is 2.20. The maximum Gasteiger partial charge on any atom is 0.199 e. The van der Waals surface area contributed by atoms with Crippen molar-refractivity contribution < 1.29 is 0 Å². The highest BCUT2D eigenvalue weighted by Gasteiger charge is 2.15. The van der Waals surface area contributed by atoms with Gasteiger partial charge < -0.3 is 10.3 Å². The van der Waals surface area contributed by atoms with Gasteiger partial charge in [0.15, 0.2) is 4.77 Å². The number of aromatic amines is 1. The lowest BCUT2D eigenvalue weighted by Crippen LogP contribution is -2.05. The van der Waals surface area contributed by atoms with Crippen LogP contribution in [-0.2, 0) is 6.42 Å². The molecule has 1 aromatic heterocycles. The van der Waals surface area contributed by atoms with Crippen molar-refractivity contribution in [2.45, 2.75) is 19.3 Å². The van der Waals surface area contributed by atoms with Gasteiger partial charge in [-0.05, 0) is 49.2 Å². The molecule has 19 heavy (non-hydrogen) atoms. The molecule has 3 nitrogen and oxygen atoms in total. The van der Waals surface area contributed by atoms with Crippen LogP contribution in [-0.4, -0.2) is 16.5 Å². The Hall–Kier alpha value is -1.39. The highest BCUT2D eigenvalue weighted by Crippen LogP contribution is 2.30. The minimum Gasteiger partial charge on any atom is -0.370 e. The van der Waals surface area contributed by atoms with Crippen molar-refractivity contribution in [2.75, 3.05) is 11.9 Å². The van der Waals surface area contributed by atoms with E-state index in [-0.39, 0.29) is 0 Å². The Labute approximate surface area is 122 Å². The molecule has 1 aliphatic rings. The summed E-state index contributed by atoms with van der Waals surface area (Å²) in [6, 6.07) is 7.81. The number of H-pyrrole nitrogens is 1. The van der Waals surface area contributed by atoms with Crippen LogP contribution < -0.4 is 5.32 Å². The first-order valence-electron chi connectivity index (χ1n) is 6.37. The fourth-order valence-corrected chi connectivity index (χ4v) is 2.79. The second kappa shape index (κ2) is 5.31. The molecule has 0 amide bonds. The quantitative estimate of drug-likeness (QED) is 0.773. The number of hydrogen-bond donors (Lipinski definition) is 2. The number of nitrogens with one attached hydrogen (secondary N) is 2. The van der Waals surface area contributed by atoms with Crippen molar-refractivity contribution in [3.8, 4) is 11.3 Å². The molecule has 1 aliphatic heterocycles. The zero-order chi connectivity index (χ0) is 13.2. The van der Waals surface area contributed by atoms with Crippen molar-refractivity contribution in [3.05, 3.63) is 39.6 Å². The molecule has 2 heterocycles. The molecular formula is C14H14ClN3S. The summed E-state index contributed by atoms with van der Waals surface area (Å²) < 4.78 is 0.503. The molecule has 0 saturated carbocycles. The molecule has 0 spiro atoms. The molecule has 2 N–H and O–H groups in total. The Morgan fingerprint density at radius 2 is 2.16 bits per heavy atom. The van der Waals surface area contributed by atoms with E-state index in [1.807, 2.05) is 24.3 Å². The van der Waals surface area contributed by atoms with Gasteiger partial charge in [0, 0.05) is 17.1 Å². The number of halogens is 1. The van der Waals surface area contributed by atoms with Gasteiger partial charge in [-0.25, -0.2) is 4.98 Å². The van der Waals surface area contributed by atoms with E-state index in [1.54, 1.807) is 0 Å². The van der Waals surface area contributed by atoms with Crippen LogP contribution in [0.4, 0.5) is 5.82 Å². The van der Waals surface area contributed by atoms with E-state index in [2.05, 4.69) is 15.3 Å². The molecule has 2 aromatic rings. The summed E-state index contributed by atoms with van der Waals surface area (Å²) in [4.78, 5) is 7.61. The normalized spacial score (nSPS) is 14.4. The molecule has 0 radical (unpaired) electrons. The van der Waals surface area contributed by atoms with Crippen LogP contribution >= 0.6 is 23.8 Å². The zero-order valence-corrected chi connectivity index (χ0v) is 11.9. The summed E-state index contributed by atoms with van der Waals surface area (Å²) in [5.41, 5.74) is 3.29. The van der Waals surface area contributed by atoms with E-state index in [0.717, 1.165) is 47.9 Å². The largest absolute Gasteiger partial charge is 0.370 e. The number of fused-ring (bicyclic) bond motifs is 1. The molecular weight excluding hydrogens is 278 g/mol. The number of anilines is 1. The van der Waals surface area contributed by atoms with Crippen LogP contribution in [0.25, 0.3) is 11.3 Å². The molecule has 5 heteroatoms. The minimum absolute atomic E-state index is 0.503. The number of aromatic nitrogens is 2. The molecule has 0 saturated heterocycles. The monoisotopic (exact) mass is 291 g/mol. The summed E-state index contributed by atoms with van der Waals surface area (Å²) >= 11 is 11.3. The SMILES string of the molecule is S=c1nc2c(c(-c3cccc(Cl)c3)[nH]1)CCCCN2. The lowest BCUT2D eigenvalue weighted by atomic mass is 10.0. The van der Waals surface area contributed by atoms with Gasteiger partial charge in [0.25, 0.3) is 0 Å². The maximum absolute atomic E-state index is 6.08. The van der Waals surface area contributed by atoms with E-state index in [1.165, 1.54) is 5.56 Å². The fraction of sp³-hybridized carbons (Fsp3) is 0.286. The first-order chi connectivity index (χ1) is 9.24. The predicted octanol–water partition coefficient (Wildman–Crippen LogP) is 4.21. The zero-order valence-electron chi connectivity index (χ0n) is 10.4. The Bertz CT molecular complexity index is 666. The van der Waals surface area contributed by atoms with Gasteiger partial charge in [-0.15, -0.1) is 0 Å². The van der Waals surface area contributed by atoms with E-state index in [4.69, 9.17) is 23.8 Å². The van der Waals surface area contributed by atoms with Crippen molar-refractivity contribution in [1.29, 1.82) is 0 Å². The van der Waals surface area contributed by atoms with Gasteiger partial charge in [0.2, 0.25) is 0 Å². The highest BCUT2D eigenvalue weighted by molar-refractivity contribution is 7.71.